The molecule has 2 rings (SSSR count). The Balaban J connectivity index is 1.92. The molecule has 21 heavy (non-hydrogen) atoms. The van der Waals surface area contributed by atoms with Crippen molar-refractivity contribution in [2.45, 2.75) is 13.0 Å². The predicted octanol–water partition coefficient (Wildman–Crippen LogP) is 0.711. The van der Waals surface area contributed by atoms with Crippen LogP contribution in [0.5, 0.6) is 0 Å². The fourth-order valence-corrected chi connectivity index (χ4v) is 3.21. The summed E-state index contributed by atoms with van der Waals surface area (Å²) in [5, 5.41) is 11.6. The van der Waals surface area contributed by atoms with Gasteiger partial charge in [0.1, 0.15) is 6.04 Å². The third kappa shape index (κ3) is 3.75. The predicted molar refractivity (Wildman–Crippen MR) is 79.1 cm³/mol. The zero-order chi connectivity index (χ0) is 15.4. The van der Waals surface area contributed by atoms with Gasteiger partial charge in [-0.1, -0.05) is 17.7 Å². The number of amides is 2. The lowest BCUT2D eigenvalue weighted by molar-refractivity contribution is -0.147. The van der Waals surface area contributed by atoms with Crippen LogP contribution >= 0.6 is 11.8 Å². The van der Waals surface area contributed by atoms with Crippen LogP contribution in [0.15, 0.2) is 24.3 Å². The molecule has 0 radical (unpaired) electrons. The number of nitrogens with one attached hydrogen (secondary N) is 1. The van der Waals surface area contributed by atoms with E-state index in [1.807, 2.05) is 13.0 Å². The molecule has 1 aromatic carbocycles. The average molecular weight is 308 g/mol. The summed E-state index contributed by atoms with van der Waals surface area (Å²) in [5.41, 5.74) is 1.43. The summed E-state index contributed by atoms with van der Waals surface area (Å²) >= 11 is 1.39. The van der Waals surface area contributed by atoms with Gasteiger partial charge in [-0.15, -0.1) is 11.8 Å². The van der Waals surface area contributed by atoms with Crippen LogP contribution in [0, 0.1) is 6.92 Å². The molecule has 1 fully saturated rings. The highest BCUT2D eigenvalue weighted by molar-refractivity contribution is 7.99. The molecule has 2 N–H and O–H groups in total. The molecule has 0 spiro atoms. The summed E-state index contributed by atoms with van der Waals surface area (Å²) in [6.07, 6.45) is 0. The Bertz CT molecular complexity index is 576. The van der Waals surface area contributed by atoms with Crippen molar-refractivity contribution in [3.05, 3.63) is 35.4 Å². The number of hydrogen-bond acceptors (Lipinski definition) is 4. The number of benzene rings is 1. The summed E-state index contributed by atoms with van der Waals surface area (Å²) in [7, 11) is 0. The fourth-order valence-electron chi connectivity index (χ4n) is 2.04. The van der Waals surface area contributed by atoms with Gasteiger partial charge in [0, 0.05) is 11.3 Å². The number of aliphatic carboxylic acids is 1. The fraction of sp³-hybridized carbons (Fsp3) is 0.357. The molecule has 1 aliphatic rings. The highest BCUT2D eigenvalue weighted by Gasteiger charge is 2.34. The highest BCUT2D eigenvalue weighted by Crippen LogP contribution is 2.20. The van der Waals surface area contributed by atoms with E-state index in [1.165, 1.54) is 16.7 Å². The Labute approximate surface area is 126 Å². The number of carbonyl (C=O) groups excluding carboxylic acids is 2. The lowest BCUT2D eigenvalue weighted by atomic mass is 10.1. The maximum atomic E-state index is 12.0. The molecule has 112 valence electrons. The number of carbonyl (C=O) groups is 3. The molecule has 1 aromatic rings. The van der Waals surface area contributed by atoms with Gasteiger partial charge in [0.15, 0.2) is 0 Å². The molecule has 0 aliphatic carbocycles. The van der Waals surface area contributed by atoms with E-state index in [9.17, 15) is 14.4 Å². The zero-order valence-corrected chi connectivity index (χ0v) is 12.4. The van der Waals surface area contributed by atoms with E-state index in [0.29, 0.717) is 17.2 Å². The van der Waals surface area contributed by atoms with E-state index >= 15 is 0 Å². The Morgan fingerprint density at radius 3 is 2.86 bits per heavy atom. The van der Waals surface area contributed by atoms with Crippen LogP contribution in [0.4, 0.5) is 0 Å². The first kappa shape index (κ1) is 15.4. The quantitative estimate of drug-likeness (QED) is 0.855. The van der Waals surface area contributed by atoms with Crippen LogP contribution in [0.25, 0.3) is 0 Å². The average Bonchev–Trinajstić information content (AvgIpc) is 2.94. The monoisotopic (exact) mass is 308 g/mol. The standard InChI is InChI=1S/C14H16N2O4S/c1-9-3-2-4-10(5-9)13(18)15-6-12(17)16-8-21-7-11(16)14(19)20/h2-5,11H,6-8H2,1H3,(H,15,18)(H,19,20). The summed E-state index contributed by atoms with van der Waals surface area (Å²) in [6, 6.07) is 6.23. The molecule has 0 saturated carbocycles. The van der Waals surface area contributed by atoms with Crippen molar-refractivity contribution < 1.29 is 19.5 Å². The van der Waals surface area contributed by atoms with Crippen molar-refractivity contribution in [2.75, 3.05) is 18.2 Å². The molecule has 1 aliphatic heterocycles. The second kappa shape index (κ2) is 6.62. The number of thioether (sulfide) groups is 1. The molecular weight excluding hydrogens is 292 g/mol. The summed E-state index contributed by atoms with van der Waals surface area (Å²) in [6.45, 7) is 1.68. The first-order valence-corrected chi connectivity index (χ1v) is 7.59. The van der Waals surface area contributed by atoms with Crippen molar-refractivity contribution in [2.24, 2.45) is 0 Å². The van der Waals surface area contributed by atoms with E-state index in [2.05, 4.69) is 5.32 Å². The highest BCUT2D eigenvalue weighted by atomic mass is 32.2. The van der Waals surface area contributed by atoms with Crippen LogP contribution in [-0.4, -0.2) is 52.0 Å². The smallest absolute Gasteiger partial charge is 0.327 e. The van der Waals surface area contributed by atoms with Gasteiger partial charge in [-0.25, -0.2) is 4.79 Å². The van der Waals surface area contributed by atoms with Crippen molar-refractivity contribution in [1.82, 2.24) is 10.2 Å². The first-order chi connectivity index (χ1) is 9.99. The minimum absolute atomic E-state index is 0.197. The van der Waals surface area contributed by atoms with Gasteiger partial charge in [0.05, 0.1) is 12.4 Å². The molecule has 1 unspecified atom stereocenters. The van der Waals surface area contributed by atoms with Crippen molar-refractivity contribution in [3.8, 4) is 0 Å². The van der Waals surface area contributed by atoms with E-state index in [-0.39, 0.29) is 18.4 Å². The number of rotatable bonds is 4. The van der Waals surface area contributed by atoms with Gasteiger partial charge in [-0.2, -0.15) is 0 Å². The topological polar surface area (TPSA) is 86.7 Å². The van der Waals surface area contributed by atoms with Crippen molar-refractivity contribution >= 4 is 29.5 Å². The third-order valence-corrected chi connectivity index (χ3v) is 4.18. The molecule has 2 amide bonds. The third-order valence-electron chi connectivity index (χ3n) is 3.17. The number of hydrogen-bond donors (Lipinski definition) is 2. The van der Waals surface area contributed by atoms with Crippen LogP contribution in [-0.2, 0) is 9.59 Å². The minimum atomic E-state index is -1.02. The molecule has 6 nitrogen and oxygen atoms in total. The number of nitrogens with zero attached hydrogens (tertiary/aromatic N) is 1. The Morgan fingerprint density at radius 1 is 1.43 bits per heavy atom. The lowest BCUT2D eigenvalue weighted by Crippen LogP contribution is -2.46. The number of carboxylic acid groups (broad SMARTS) is 1. The van der Waals surface area contributed by atoms with Crippen LogP contribution in [0.3, 0.4) is 0 Å². The Kier molecular flexibility index (Phi) is 4.85. The van der Waals surface area contributed by atoms with E-state index in [0.717, 1.165) is 5.56 Å². The van der Waals surface area contributed by atoms with Gasteiger partial charge in [0.2, 0.25) is 5.91 Å². The summed E-state index contributed by atoms with van der Waals surface area (Å²) in [5.74, 6) is -1.01. The van der Waals surface area contributed by atoms with Gasteiger partial charge in [0.25, 0.3) is 5.91 Å². The molecule has 1 heterocycles. The van der Waals surface area contributed by atoms with Gasteiger partial charge < -0.3 is 15.3 Å². The molecule has 7 heteroatoms. The van der Waals surface area contributed by atoms with E-state index in [1.54, 1.807) is 18.2 Å². The molecular formula is C14H16N2O4S. The molecule has 0 bridgehead atoms. The van der Waals surface area contributed by atoms with Crippen LogP contribution < -0.4 is 5.32 Å². The van der Waals surface area contributed by atoms with Crippen molar-refractivity contribution in [1.29, 1.82) is 0 Å². The second-order valence-electron chi connectivity index (χ2n) is 4.77. The van der Waals surface area contributed by atoms with Crippen LogP contribution in [0.2, 0.25) is 0 Å². The second-order valence-corrected chi connectivity index (χ2v) is 5.77. The largest absolute Gasteiger partial charge is 0.480 e. The van der Waals surface area contributed by atoms with Gasteiger partial charge in [-0.3, -0.25) is 9.59 Å². The normalized spacial score (nSPS) is 17.6. The van der Waals surface area contributed by atoms with Crippen molar-refractivity contribution in [3.63, 3.8) is 0 Å². The molecule has 0 aromatic heterocycles. The van der Waals surface area contributed by atoms with E-state index < -0.39 is 12.0 Å². The minimum Gasteiger partial charge on any atom is -0.480 e. The number of carboxylic acids is 1. The van der Waals surface area contributed by atoms with E-state index in [4.69, 9.17) is 5.11 Å². The Hall–Kier alpha value is -2.02. The molecule has 1 saturated heterocycles. The first-order valence-electron chi connectivity index (χ1n) is 6.44. The zero-order valence-electron chi connectivity index (χ0n) is 11.5. The maximum Gasteiger partial charge on any atom is 0.327 e. The van der Waals surface area contributed by atoms with Gasteiger partial charge in [-0.05, 0) is 19.1 Å². The SMILES string of the molecule is Cc1cccc(C(=O)NCC(=O)N2CSCC2C(=O)O)c1. The number of aryl methyl sites for hydroxylation is 1. The van der Waals surface area contributed by atoms with Crippen LogP contribution in [0.1, 0.15) is 15.9 Å². The summed E-state index contributed by atoms with van der Waals surface area (Å²) in [4.78, 5) is 36.2. The maximum absolute atomic E-state index is 12.0. The van der Waals surface area contributed by atoms with Gasteiger partial charge >= 0.3 is 5.97 Å². The molecule has 1 atom stereocenters. The lowest BCUT2D eigenvalue weighted by Gasteiger charge is -2.20. The Morgan fingerprint density at radius 2 is 2.19 bits per heavy atom. The summed E-state index contributed by atoms with van der Waals surface area (Å²) < 4.78 is 0.